The Hall–Kier alpha value is -2.60. The lowest BCUT2D eigenvalue weighted by Gasteiger charge is -2.13. The topological polar surface area (TPSA) is 74.0 Å². The zero-order chi connectivity index (χ0) is 17.8. The lowest BCUT2D eigenvalue weighted by atomic mass is 10.1. The van der Waals surface area contributed by atoms with Crippen molar-refractivity contribution in [1.29, 1.82) is 0 Å². The number of nitrogens with one attached hydrogen (secondary N) is 3. The van der Waals surface area contributed by atoms with Gasteiger partial charge < -0.3 is 15.6 Å². The Morgan fingerprint density at radius 3 is 2.76 bits per heavy atom. The van der Waals surface area contributed by atoms with Crippen molar-refractivity contribution in [3.63, 3.8) is 0 Å². The van der Waals surface area contributed by atoms with Crippen molar-refractivity contribution in [3.05, 3.63) is 57.9 Å². The molecule has 6 heteroatoms. The fraction of sp³-hybridized carbons (Fsp3) is 0.263. The zero-order valence-corrected chi connectivity index (χ0v) is 15.1. The van der Waals surface area contributed by atoms with E-state index in [-0.39, 0.29) is 11.8 Å². The van der Waals surface area contributed by atoms with E-state index in [9.17, 15) is 9.59 Å². The minimum Gasteiger partial charge on any atom is -0.358 e. The first-order valence-corrected chi connectivity index (χ1v) is 9.12. The van der Waals surface area contributed by atoms with E-state index in [0.29, 0.717) is 11.4 Å². The molecule has 1 aromatic carbocycles. The summed E-state index contributed by atoms with van der Waals surface area (Å²) < 4.78 is 0. The van der Waals surface area contributed by atoms with Gasteiger partial charge >= 0.3 is 0 Å². The number of para-hydroxylation sites is 1. The van der Waals surface area contributed by atoms with Gasteiger partial charge in [-0.1, -0.05) is 24.3 Å². The highest BCUT2D eigenvalue weighted by molar-refractivity contribution is 7.12. The average molecular weight is 355 g/mol. The van der Waals surface area contributed by atoms with Gasteiger partial charge in [0, 0.05) is 23.1 Å². The standard InChI is InChI=1S/C19H21N3O2S/c1-12-14(15-6-3-4-7-16(15)21-12)9-10-20-18(23)13(2)22-19(24)17-8-5-11-25-17/h3-8,11,13,21H,9-10H2,1-2H3,(H,20,23)(H,22,24). The first kappa shape index (κ1) is 17.2. The zero-order valence-electron chi connectivity index (χ0n) is 14.3. The summed E-state index contributed by atoms with van der Waals surface area (Å²) in [7, 11) is 0. The molecular formula is C19H21N3O2S. The molecule has 1 atom stereocenters. The average Bonchev–Trinajstić information content (AvgIpc) is 3.23. The van der Waals surface area contributed by atoms with E-state index in [2.05, 4.69) is 21.7 Å². The Kier molecular flexibility index (Phi) is 5.19. The predicted molar refractivity (Wildman–Crippen MR) is 101 cm³/mol. The largest absolute Gasteiger partial charge is 0.358 e. The Balaban J connectivity index is 1.53. The van der Waals surface area contributed by atoms with E-state index in [1.54, 1.807) is 13.0 Å². The number of carbonyl (C=O) groups excluding carboxylic acids is 2. The molecule has 0 radical (unpaired) electrons. The molecule has 3 aromatic rings. The van der Waals surface area contributed by atoms with Crippen LogP contribution in [0.2, 0.25) is 0 Å². The molecule has 0 aliphatic heterocycles. The maximum absolute atomic E-state index is 12.2. The van der Waals surface area contributed by atoms with E-state index in [1.807, 2.05) is 36.6 Å². The lowest BCUT2D eigenvalue weighted by Crippen LogP contribution is -2.45. The number of benzene rings is 1. The first-order valence-electron chi connectivity index (χ1n) is 8.24. The Bertz CT molecular complexity index is 883. The lowest BCUT2D eigenvalue weighted by molar-refractivity contribution is -0.122. The van der Waals surface area contributed by atoms with E-state index < -0.39 is 6.04 Å². The summed E-state index contributed by atoms with van der Waals surface area (Å²) >= 11 is 1.36. The van der Waals surface area contributed by atoms with Crippen molar-refractivity contribution in [3.8, 4) is 0 Å². The molecule has 0 aliphatic carbocycles. The molecule has 1 unspecified atom stereocenters. The summed E-state index contributed by atoms with van der Waals surface area (Å²) in [5.74, 6) is -0.396. The van der Waals surface area contributed by atoms with Crippen molar-refractivity contribution in [2.24, 2.45) is 0 Å². The SMILES string of the molecule is Cc1[nH]c2ccccc2c1CCNC(=O)C(C)NC(=O)c1cccs1. The molecule has 0 bridgehead atoms. The van der Waals surface area contributed by atoms with Crippen LogP contribution < -0.4 is 10.6 Å². The van der Waals surface area contributed by atoms with Crippen LogP contribution in [0.25, 0.3) is 10.9 Å². The minimum absolute atomic E-state index is 0.178. The summed E-state index contributed by atoms with van der Waals surface area (Å²) in [4.78, 5) is 28.1. The van der Waals surface area contributed by atoms with Crippen molar-refractivity contribution >= 4 is 34.1 Å². The van der Waals surface area contributed by atoms with Crippen LogP contribution in [-0.4, -0.2) is 29.4 Å². The minimum atomic E-state index is -0.571. The van der Waals surface area contributed by atoms with Crippen molar-refractivity contribution < 1.29 is 9.59 Å². The number of aryl methyl sites for hydroxylation is 1. The number of amides is 2. The van der Waals surface area contributed by atoms with Gasteiger partial charge in [0.15, 0.2) is 0 Å². The molecule has 0 saturated heterocycles. The predicted octanol–water partition coefficient (Wildman–Crippen LogP) is 3.02. The maximum Gasteiger partial charge on any atom is 0.261 e. The van der Waals surface area contributed by atoms with Crippen molar-refractivity contribution in [1.82, 2.24) is 15.6 Å². The van der Waals surface area contributed by atoms with E-state index in [4.69, 9.17) is 0 Å². The molecule has 3 rings (SSSR count). The third-order valence-corrected chi connectivity index (χ3v) is 5.06. The van der Waals surface area contributed by atoms with Crippen LogP contribution >= 0.6 is 11.3 Å². The normalized spacial score (nSPS) is 12.1. The number of hydrogen-bond donors (Lipinski definition) is 3. The van der Waals surface area contributed by atoms with Gasteiger partial charge in [0.25, 0.3) is 5.91 Å². The highest BCUT2D eigenvalue weighted by Gasteiger charge is 2.17. The molecule has 2 heterocycles. The fourth-order valence-corrected chi connectivity index (χ4v) is 3.49. The van der Waals surface area contributed by atoms with E-state index >= 15 is 0 Å². The summed E-state index contributed by atoms with van der Waals surface area (Å²) in [5.41, 5.74) is 3.44. The van der Waals surface area contributed by atoms with Gasteiger partial charge in [0.05, 0.1) is 4.88 Å². The first-order chi connectivity index (χ1) is 12.1. The molecule has 0 aliphatic rings. The van der Waals surface area contributed by atoms with Crippen LogP contribution in [0.5, 0.6) is 0 Å². The highest BCUT2D eigenvalue weighted by atomic mass is 32.1. The molecule has 5 nitrogen and oxygen atoms in total. The van der Waals surface area contributed by atoms with Crippen molar-refractivity contribution in [2.75, 3.05) is 6.54 Å². The number of thiophene rings is 1. The molecule has 3 N–H and O–H groups in total. The molecule has 0 saturated carbocycles. The number of H-pyrrole nitrogens is 1. The second-order valence-electron chi connectivity index (χ2n) is 5.99. The number of rotatable bonds is 6. The molecule has 25 heavy (non-hydrogen) atoms. The van der Waals surface area contributed by atoms with E-state index in [0.717, 1.165) is 17.6 Å². The quantitative estimate of drug-likeness (QED) is 0.636. The van der Waals surface area contributed by atoms with Gasteiger partial charge in [0.1, 0.15) is 6.04 Å². The van der Waals surface area contributed by atoms with Gasteiger partial charge in [-0.2, -0.15) is 0 Å². The molecule has 2 amide bonds. The Morgan fingerprint density at radius 1 is 1.20 bits per heavy atom. The summed E-state index contributed by atoms with van der Waals surface area (Å²) in [6.45, 7) is 4.26. The van der Waals surface area contributed by atoms with Gasteiger partial charge in [-0.25, -0.2) is 0 Å². The van der Waals surface area contributed by atoms with Gasteiger partial charge in [-0.05, 0) is 43.3 Å². The monoisotopic (exact) mass is 355 g/mol. The van der Waals surface area contributed by atoms with Gasteiger partial charge in [-0.3, -0.25) is 9.59 Å². The molecular weight excluding hydrogens is 334 g/mol. The summed E-state index contributed by atoms with van der Waals surface area (Å²) in [6.07, 6.45) is 0.743. The van der Waals surface area contributed by atoms with Crippen LogP contribution in [0.4, 0.5) is 0 Å². The number of aromatic nitrogens is 1. The Morgan fingerprint density at radius 2 is 2.00 bits per heavy atom. The fourth-order valence-electron chi connectivity index (χ4n) is 2.86. The van der Waals surface area contributed by atoms with Crippen LogP contribution in [0.1, 0.15) is 27.9 Å². The third-order valence-electron chi connectivity index (χ3n) is 4.19. The number of aromatic amines is 1. The van der Waals surface area contributed by atoms with Crippen LogP contribution in [0.3, 0.4) is 0 Å². The number of fused-ring (bicyclic) bond motifs is 1. The van der Waals surface area contributed by atoms with Crippen LogP contribution in [-0.2, 0) is 11.2 Å². The summed E-state index contributed by atoms with van der Waals surface area (Å²) in [5, 5.41) is 8.64. The number of carbonyl (C=O) groups is 2. The van der Waals surface area contributed by atoms with Crippen LogP contribution in [0.15, 0.2) is 41.8 Å². The smallest absolute Gasteiger partial charge is 0.261 e. The van der Waals surface area contributed by atoms with Crippen molar-refractivity contribution in [2.45, 2.75) is 26.3 Å². The van der Waals surface area contributed by atoms with Gasteiger partial charge in [-0.15, -0.1) is 11.3 Å². The van der Waals surface area contributed by atoms with Gasteiger partial charge in [0.2, 0.25) is 5.91 Å². The van der Waals surface area contributed by atoms with Crippen LogP contribution in [0, 0.1) is 6.92 Å². The Labute approximate surface area is 150 Å². The summed E-state index contributed by atoms with van der Waals surface area (Å²) in [6, 6.07) is 11.1. The second kappa shape index (κ2) is 7.53. The van der Waals surface area contributed by atoms with E-state index in [1.165, 1.54) is 22.3 Å². The third kappa shape index (κ3) is 3.91. The molecule has 0 spiro atoms. The number of hydrogen-bond acceptors (Lipinski definition) is 3. The molecule has 130 valence electrons. The molecule has 2 aromatic heterocycles. The second-order valence-corrected chi connectivity index (χ2v) is 6.94. The maximum atomic E-state index is 12.2. The highest BCUT2D eigenvalue weighted by Crippen LogP contribution is 2.21. The molecule has 0 fully saturated rings.